The summed E-state index contributed by atoms with van der Waals surface area (Å²) in [6.07, 6.45) is 0.0809. The van der Waals surface area contributed by atoms with Crippen molar-refractivity contribution in [2.75, 3.05) is 12.3 Å². The Labute approximate surface area is 110 Å². The quantitative estimate of drug-likeness (QED) is 0.564. The van der Waals surface area contributed by atoms with E-state index in [9.17, 15) is 14.4 Å². The van der Waals surface area contributed by atoms with E-state index in [2.05, 4.69) is 5.32 Å². The molecule has 19 heavy (non-hydrogen) atoms. The van der Waals surface area contributed by atoms with Gasteiger partial charge in [-0.05, 0) is 18.6 Å². The Morgan fingerprint density at radius 1 is 1.42 bits per heavy atom. The zero-order valence-electron chi connectivity index (χ0n) is 10.6. The Morgan fingerprint density at radius 2 is 2.11 bits per heavy atom. The van der Waals surface area contributed by atoms with Crippen LogP contribution in [0.1, 0.15) is 12.5 Å². The van der Waals surface area contributed by atoms with Crippen molar-refractivity contribution in [3.05, 3.63) is 29.8 Å². The third-order valence-electron chi connectivity index (χ3n) is 3.14. The smallest absolute Gasteiger partial charge is 0.249 e. The maximum Gasteiger partial charge on any atom is 0.249 e. The summed E-state index contributed by atoms with van der Waals surface area (Å²) in [5.74, 6) is -1.20. The van der Waals surface area contributed by atoms with E-state index >= 15 is 0 Å². The molecule has 1 aromatic carbocycles. The van der Waals surface area contributed by atoms with Crippen molar-refractivity contribution in [2.24, 2.45) is 0 Å². The highest BCUT2D eigenvalue weighted by atomic mass is 16.2. The number of carbonyl (C=O) groups is 3. The van der Waals surface area contributed by atoms with E-state index in [1.807, 2.05) is 0 Å². The van der Waals surface area contributed by atoms with Crippen molar-refractivity contribution in [1.82, 2.24) is 10.2 Å². The predicted molar refractivity (Wildman–Crippen MR) is 68.9 cm³/mol. The fourth-order valence-corrected chi connectivity index (χ4v) is 1.98. The molecule has 6 nitrogen and oxygen atoms in total. The number of para-hydroxylation sites is 1. The minimum Gasteiger partial charge on any atom is -0.398 e. The van der Waals surface area contributed by atoms with E-state index in [1.165, 1.54) is 4.90 Å². The first-order valence-electron chi connectivity index (χ1n) is 5.95. The first-order valence-corrected chi connectivity index (χ1v) is 5.95. The molecule has 0 saturated carbocycles. The van der Waals surface area contributed by atoms with Crippen molar-refractivity contribution in [3.63, 3.8) is 0 Å². The van der Waals surface area contributed by atoms with Gasteiger partial charge in [-0.25, -0.2) is 0 Å². The number of hydrogen-bond acceptors (Lipinski definition) is 4. The van der Waals surface area contributed by atoms with Gasteiger partial charge >= 0.3 is 0 Å². The van der Waals surface area contributed by atoms with Gasteiger partial charge in [0, 0.05) is 5.69 Å². The molecule has 0 bridgehead atoms. The fraction of sp³-hybridized carbons (Fsp3) is 0.308. The highest BCUT2D eigenvalue weighted by molar-refractivity contribution is 6.04. The molecule has 0 spiro atoms. The molecule has 1 saturated heterocycles. The number of piperazine rings is 1. The van der Waals surface area contributed by atoms with Crippen LogP contribution in [0, 0.1) is 0 Å². The number of amides is 3. The Balaban J connectivity index is 2.13. The fourth-order valence-electron chi connectivity index (χ4n) is 1.98. The van der Waals surface area contributed by atoms with Crippen molar-refractivity contribution in [1.29, 1.82) is 0 Å². The largest absolute Gasteiger partial charge is 0.398 e. The molecule has 0 aliphatic carbocycles. The molecule has 2 rings (SSSR count). The normalized spacial score (nSPS) is 19.2. The van der Waals surface area contributed by atoms with Gasteiger partial charge in [-0.1, -0.05) is 18.2 Å². The molecular formula is C13H15N3O3. The molecule has 1 unspecified atom stereocenters. The number of carbonyl (C=O) groups excluding carboxylic acids is 3. The summed E-state index contributed by atoms with van der Waals surface area (Å²) in [5.41, 5.74) is 6.99. The lowest BCUT2D eigenvalue weighted by Gasteiger charge is -2.31. The molecule has 1 aliphatic rings. The monoisotopic (exact) mass is 261 g/mol. The lowest BCUT2D eigenvalue weighted by Crippen LogP contribution is -2.58. The second-order valence-electron chi connectivity index (χ2n) is 4.49. The van der Waals surface area contributed by atoms with Crippen LogP contribution in [0.5, 0.6) is 0 Å². The number of nitrogens with one attached hydrogen (secondary N) is 1. The van der Waals surface area contributed by atoms with Crippen LogP contribution < -0.4 is 11.1 Å². The van der Waals surface area contributed by atoms with Crippen molar-refractivity contribution in [3.8, 4) is 0 Å². The molecule has 1 aromatic rings. The summed E-state index contributed by atoms with van der Waals surface area (Å²) in [7, 11) is 0. The van der Waals surface area contributed by atoms with Crippen LogP contribution in [-0.4, -0.2) is 35.2 Å². The van der Waals surface area contributed by atoms with E-state index in [0.717, 1.165) is 0 Å². The summed E-state index contributed by atoms with van der Waals surface area (Å²) in [6.45, 7) is 1.49. The van der Waals surface area contributed by atoms with E-state index < -0.39 is 17.9 Å². The van der Waals surface area contributed by atoms with Gasteiger partial charge in [0.1, 0.15) is 12.6 Å². The van der Waals surface area contributed by atoms with E-state index in [1.54, 1.807) is 31.2 Å². The van der Waals surface area contributed by atoms with Crippen LogP contribution in [0.3, 0.4) is 0 Å². The Bertz CT molecular complexity index is 542. The van der Waals surface area contributed by atoms with Crippen LogP contribution in [0.2, 0.25) is 0 Å². The third kappa shape index (κ3) is 2.73. The molecule has 0 radical (unpaired) electrons. The van der Waals surface area contributed by atoms with Gasteiger partial charge in [0.05, 0.1) is 6.42 Å². The van der Waals surface area contributed by atoms with Crippen molar-refractivity contribution >= 4 is 23.4 Å². The average Bonchev–Trinajstić information content (AvgIpc) is 2.36. The lowest BCUT2D eigenvalue weighted by atomic mass is 10.1. The molecule has 1 aliphatic heterocycles. The van der Waals surface area contributed by atoms with Gasteiger partial charge in [0.15, 0.2) is 0 Å². The molecule has 0 aromatic heterocycles. The first-order chi connectivity index (χ1) is 8.99. The van der Waals surface area contributed by atoms with E-state index in [4.69, 9.17) is 5.73 Å². The van der Waals surface area contributed by atoms with Gasteiger partial charge < -0.3 is 10.6 Å². The number of benzene rings is 1. The Kier molecular flexibility index (Phi) is 3.50. The molecule has 1 atom stereocenters. The van der Waals surface area contributed by atoms with Crippen LogP contribution in [0.4, 0.5) is 5.69 Å². The molecular weight excluding hydrogens is 246 g/mol. The first kappa shape index (κ1) is 13.1. The summed E-state index contributed by atoms with van der Waals surface area (Å²) in [6, 6.07) is 6.39. The minimum atomic E-state index is -0.643. The molecule has 100 valence electrons. The zero-order chi connectivity index (χ0) is 14.0. The molecule has 6 heteroatoms. The topological polar surface area (TPSA) is 92.5 Å². The molecule has 1 heterocycles. The van der Waals surface area contributed by atoms with Gasteiger partial charge in [-0.3, -0.25) is 19.7 Å². The lowest BCUT2D eigenvalue weighted by molar-refractivity contribution is -0.149. The number of rotatable bonds is 2. The maximum absolute atomic E-state index is 12.2. The zero-order valence-corrected chi connectivity index (χ0v) is 10.6. The minimum absolute atomic E-state index is 0.0809. The number of hydrogen-bond donors (Lipinski definition) is 2. The maximum atomic E-state index is 12.2. The third-order valence-corrected chi connectivity index (χ3v) is 3.14. The number of imide groups is 1. The number of anilines is 1. The Hall–Kier alpha value is -2.37. The SMILES string of the molecule is CC1C(=O)NC(=O)CN1C(=O)Cc1ccccc1N. The van der Waals surface area contributed by atoms with E-state index in [0.29, 0.717) is 11.3 Å². The highest BCUT2D eigenvalue weighted by Gasteiger charge is 2.33. The average molecular weight is 261 g/mol. The van der Waals surface area contributed by atoms with Crippen LogP contribution in [0.15, 0.2) is 24.3 Å². The predicted octanol–water partition coefficient (Wildman–Crippen LogP) is -0.315. The van der Waals surface area contributed by atoms with Crippen molar-refractivity contribution < 1.29 is 14.4 Å². The van der Waals surface area contributed by atoms with Gasteiger partial charge in [-0.2, -0.15) is 0 Å². The second-order valence-corrected chi connectivity index (χ2v) is 4.49. The van der Waals surface area contributed by atoms with Gasteiger partial charge in [0.25, 0.3) is 0 Å². The van der Waals surface area contributed by atoms with Crippen LogP contribution >= 0.6 is 0 Å². The summed E-state index contributed by atoms with van der Waals surface area (Å²) < 4.78 is 0. The van der Waals surface area contributed by atoms with Gasteiger partial charge in [-0.15, -0.1) is 0 Å². The summed E-state index contributed by atoms with van der Waals surface area (Å²) in [4.78, 5) is 36.2. The summed E-state index contributed by atoms with van der Waals surface area (Å²) in [5, 5.41) is 2.19. The standard InChI is InChI=1S/C13H15N3O3/c1-8-13(19)15-11(17)7-16(8)12(18)6-9-4-2-3-5-10(9)14/h2-5,8H,6-7,14H2,1H3,(H,15,17,19). The Morgan fingerprint density at radius 3 is 2.79 bits per heavy atom. The summed E-state index contributed by atoms with van der Waals surface area (Å²) >= 11 is 0. The number of nitrogen functional groups attached to an aromatic ring is 1. The second kappa shape index (κ2) is 5.09. The molecule has 3 N–H and O–H groups in total. The van der Waals surface area contributed by atoms with Crippen molar-refractivity contribution in [2.45, 2.75) is 19.4 Å². The number of nitrogens with zero attached hydrogens (tertiary/aromatic N) is 1. The number of nitrogens with two attached hydrogens (primary N) is 1. The molecule has 3 amide bonds. The van der Waals surface area contributed by atoms with E-state index in [-0.39, 0.29) is 18.9 Å². The van der Waals surface area contributed by atoms with Gasteiger partial charge in [0.2, 0.25) is 17.7 Å². The highest BCUT2D eigenvalue weighted by Crippen LogP contribution is 2.14. The van der Waals surface area contributed by atoms with Crippen LogP contribution in [-0.2, 0) is 20.8 Å². The molecule has 1 fully saturated rings. The van der Waals surface area contributed by atoms with Crippen LogP contribution in [0.25, 0.3) is 0 Å².